The van der Waals surface area contributed by atoms with E-state index >= 15 is 0 Å². The molecule has 0 spiro atoms. The van der Waals surface area contributed by atoms with Crippen molar-refractivity contribution in [2.75, 3.05) is 26.2 Å². The predicted octanol–water partition coefficient (Wildman–Crippen LogP) is 2.33. The van der Waals surface area contributed by atoms with Crippen molar-refractivity contribution in [3.8, 4) is 0 Å². The van der Waals surface area contributed by atoms with Crippen LogP contribution < -0.4 is 0 Å². The Morgan fingerprint density at radius 2 is 1.83 bits per heavy atom. The van der Waals surface area contributed by atoms with Crippen LogP contribution in [0.5, 0.6) is 0 Å². The van der Waals surface area contributed by atoms with Crippen molar-refractivity contribution in [1.82, 2.24) is 14.8 Å². The van der Waals surface area contributed by atoms with Gasteiger partial charge in [-0.25, -0.2) is 0 Å². The van der Waals surface area contributed by atoms with Gasteiger partial charge in [0.1, 0.15) is 0 Å². The Kier molecular flexibility index (Phi) is 4.86. The lowest BCUT2D eigenvalue weighted by Crippen LogP contribution is -2.51. The highest BCUT2D eigenvalue weighted by Crippen LogP contribution is 2.28. The van der Waals surface area contributed by atoms with Crippen molar-refractivity contribution in [3.05, 3.63) is 36.2 Å². The van der Waals surface area contributed by atoms with Crippen LogP contribution in [0.15, 0.2) is 24.8 Å². The van der Waals surface area contributed by atoms with E-state index in [9.17, 15) is 0 Å². The standard InChI is InChI=1S/C18H25B2N3/c1-14-8-12-23(13-9-14)18(19,20)17-7-5-6-16(21-17)15(2)22-10-3-4-11-22/h5-7,14H,2-4,8-13H2,1H3. The Labute approximate surface area is 143 Å². The first-order valence-corrected chi connectivity index (χ1v) is 8.73. The van der Waals surface area contributed by atoms with Gasteiger partial charge >= 0.3 is 0 Å². The highest BCUT2D eigenvalue weighted by Gasteiger charge is 2.31. The van der Waals surface area contributed by atoms with E-state index in [-0.39, 0.29) is 0 Å². The summed E-state index contributed by atoms with van der Waals surface area (Å²) in [6, 6.07) is 5.91. The van der Waals surface area contributed by atoms with E-state index in [1.54, 1.807) is 0 Å². The van der Waals surface area contributed by atoms with Crippen LogP contribution in [0.2, 0.25) is 0 Å². The molecule has 0 unspecified atom stereocenters. The zero-order chi connectivity index (χ0) is 16.4. The largest absolute Gasteiger partial charge is 0.370 e. The minimum atomic E-state index is -1.01. The zero-order valence-corrected chi connectivity index (χ0v) is 14.2. The Bertz CT molecular complexity index is 559. The van der Waals surface area contributed by atoms with Crippen molar-refractivity contribution in [2.45, 2.75) is 37.9 Å². The number of nitrogens with zero attached hydrogens (tertiary/aromatic N) is 3. The van der Waals surface area contributed by atoms with Gasteiger partial charge in [0.05, 0.1) is 27.1 Å². The second kappa shape index (κ2) is 6.72. The predicted molar refractivity (Wildman–Crippen MR) is 97.2 cm³/mol. The smallest absolute Gasteiger partial charge is 0.0909 e. The number of rotatable bonds is 4. The SMILES string of the molecule is [B]C([B])(c1cccc(C(=C)N2CCCC2)n1)N1CCC(C)CC1. The van der Waals surface area contributed by atoms with Gasteiger partial charge in [-0.05, 0) is 62.2 Å². The van der Waals surface area contributed by atoms with Gasteiger partial charge in [0.2, 0.25) is 0 Å². The lowest BCUT2D eigenvalue weighted by Gasteiger charge is -2.43. The first-order chi connectivity index (χ1) is 11.0. The van der Waals surface area contributed by atoms with Crippen LogP contribution >= 0.6 is 0 Å². The quantitative estimate of drug-likeness (QED) is 0.796. The third-order valence-electron chi connectivity index (χ3n) is 5.25. The molecule has 2 saturated heterocycles. The van der Waals surface area contributed by atoms with Gasteiger partial charge in [0, 0.05) is 18.8 Å². The fourth-order valence-electron chi connectivity index (χ4n) is 3.51. The van der Waals surface area contributed by atoms with Gasteiger partial charge in [0.25, 0.3) is 0 Å². The Hall–Kier alpha value is -1.22. The first kappa shape index (κ1) is 16.6. The molecule has 3 heterocycles. The maximum absolute atomic E-state index is 6.48. The molecule has 2 fully saturated rings. The topological polar surface area (TPSA) is 19.4 Å². The lowest BCUT2D eigenvalue weighted by atomic mass is 9.58. The summed E-state index contributed by atoms with van der Waals surface area (Å²) in [5.41, 5.74) is 2.59. The number of hydrogen-bond donors (Lipinski definition) is 0. The Morgan fingerprint density at radius 3 is 2.48 bits per heavy atom. The fraction of sp³-hybridized carbons (Fsp3) is 0.611. The van der Waals surface area contributed by atoms with Gasteiger partial charge in [-0.15, -0.1) is 0 Å². The molecule has 0 amide bonds. The van der Waals surface area contributed by atoms with Crippen molar-refractivity contribution in [3.63, 3.8) is 0 Å². The van der Waals surface area contributed by atoms with E-state index in [2.05, 4.69) is 23.3 Å². The second-order valence-electron chi connectivity index (χ2n) is 7.04. The summed E-state index contributed by atoms with van der Waals surface area (Å²) in [4.78, 5) is 9.20. The molecule has 0 bridgehead atoms. The third kappa shape index (κ3) is 3.50. The fourth-order valence-corrected chi connectivity index (χ4v) is 3.51. The van der Waals surface area contributed by atoms with Gasteiger partial charge in [0.15, 0.2) is 0 Å². The summed E-state index contributed by atoms with van der Waals surface area (Å²) in [5.74, 6) is 0.747. The highest BCUT2D eigenvalue weighted by molar-refractivity contribution is 6.39. The van der Waals surface area contributed by atoms with E-state index in [0.717, 1.165) is 62.0 Å². The summed E-state index contributed by atoms with van der Waals surface area (Å²) in [5, 5.41) is -1.01. The molecule has 1 aromatic heterocycles. The molecule has 23 heavy (non-hydrogen) atoms. The van der Waals surface area contributed by atoms with Gasteiger partial charge < -0.3 is 9.80 Å². The molecular formula is C18H25B2N3. The third-order valence-corrected chi connectivity index (χ3v) is 5.25. The van der Waals surface area contributed by atoms with E-state index in [4.69, 9.17) is 20.7 Å². The summed E-state index contributed by atoms with van der Waals surface area (Å²) >= 11 is 0. The number of aromatic nitrogens is 1. The van der Waals surface area contributed by atoms with E-state index < -0.39 is 5.34 Å². The van der Waals surface area contributed by atoms with Crippen LogP contribution in [0.3, 0.4) is 0 Å². The lowest BCUT2D eigenvalue weighted by molar-refractivity contribution is 0.153. The molecule has 5 heteroatoms. The monoisotopic (exact) mass is 305 g/mol. The molecule has 2 aliphatic heterocycles. The van der Waals surface area contributed by atoms with Crippen LogP contribution in [0.25, 0.3) is 5.70 Å². The van der Waals surface area contributed by atoms with Crippen LogP contribution in [0.1, 0.15) is 44.0 Å². The number of likely N-dealkylation sites (tertiary alicyclic amines) is 2. The minimum Gasteiger partial charge on any atom is -0.370 e. The minimum absolute atomic E-state index is 0.727. The normalized spacial score (nSPS) is 20.8. The van der Waals surface area contributed by atoms with Crippen molar-refractivity contribution >= 4 is 21.4 Å². The molecule has 3 nitrogen and oxygen atoms in total. The second-order valence-corrected chi connectivity index (χ2v) is 7.04. The average Bonchev–Trinajstić information content (AvgIpc) is 3.09. The molecule has 1 aromatic rings. The number of hydrogen-bond acceptors (Lipinski definition) is 3. The molecular weight excluding hydrogens is 280 g/mol. The summed E-state index contributed by atoms with van der Waals surface area (Å²) in [6.07, 6.45) is 4.72. The summed E-state index contributed by atoms with van der Waals surface area (Å²) < 4.78 is 0. The van der Waals surface area contributed by atoms with Crippen LogP contribution in [-0.2, 0) is 5.34 Å². The molecule has 0 N–H and O–H groups in total. The molecule has 0 aliphatic carbocycles. The van der Waals surface area contributed by atoms with Crippen molar-refractivity contribution < 1.29 is 0 Å². The van der Waals surface area contributed by atoms with Gasteiger partial charge in [-0.1, -0.05) is 19.6 Å². The van der Waals surface area contributed by atoms with E-state index in [1.165, 1.54) is 12.8 Å². The summed E-state index contributed by atoms with van der Waals surface area (Å²) in [6.45, 7) is 10.5. The molecule has 0 saturated carbocycles. The Morgan fingerprint density at radius 1 is 1.17 bits per heavy atom. The van der Waals surface area contributed by atoms with Crippen molar-refractivity contribution in [1.29, 1.82) is 0 Å². The molecule has 0 aromatic carbocycles. The maximum Gasteiger partial charge on any atom is 0.0909 e. The van der Waals surface area contributed by atoms with E-state index in [0.29, 0.717) is 0 Å². The van der Waals surface area contributed by atoms with E-state index in [1.807, 2.05) is 18.2 Å². The molecule has 0 atom stereocenters. The molecule has 3 rings (SSSR count). The first-order valence-electron chi connectivity index (χ1n) is 8.73. The zero-order valence-electron chi connectivity index (χ0n) is 14.2. The number of piperidine rings is 1. The van der Waals surface area contributed by atoms with Crippen molar-refractivity contribution in [2.24, 2.45) is 5.92 Å². The molecule has 118 valence electrons. The molecule has 4 radical (unpaired) electrons. The Balaban J connectivity index is 1.79. The highest BCUT2D eigenvalue weighted by atomic mass is 15.2. The maximum atomic E-state index is 6.48. The van der Waals surface area contributed by atoms with Gasteiger partial charge in [-0.2, -0.15) is 0 Å². The van der Waals surface area contributed by atoms with Crippen LogP contribution in [-0.4, -0.2) is 56.7 Å². The van der Waals surface area contributed by atoms with Crippen LogP contribution in [0, 0.1) is 5.92 Å². The number of pyridine rings is 1. The average molecular weight is 305 g/mol. The van der Waals surface area contributed by atoms with Gasteiger partial charge in [-0.3, -0.25) is 4.98 Å². The van der Waals surface area contributed by atoms with Crippen LogP contribution in [0.4, 0.5) is 0 Å². The molecule has 2 aliphatic rings. The summed E-state index contributed by atoms with van der Waals surface area (Å²) in [7, 11) is 13.0.